The Kier molecular flexibility index (Phi) is 4.23. The number of benzene rings is 1. The van der Waals surface area contributed by atoms with Crippen molar-refractivity contribution in [3.63, 3.8) is 0 Å². The first kappa shape index (κ1) is 13.6. The van der Waals surface area contributed by atoms with Gasteiger partial charge in [0, 0.05) is 24.1 Å². The molecule has 0 atom stereocenters. The van der Waals surface area contributed by atoms with E-state index >= 15 is 0 Å². The molecule has 0 unspecified atom stereocenters. The van der Waals surface area contributed by atoms with Gasteiger partial charge in [0.25, 0.3) is 5.91 Å². The lowest BCUT2D eigenvalue weighted by Gasteiger charge is -2.22. The highest BCUT2D eigenvalue weighted by molar-refractivity contribution is 5.95. The smallest absolute Gasteiger partial charge is 0.251 e. The van der Waals surface area contributed by atoms with Gasteiger partial charge in [-0.05, 0) is 24.6 Å². The van der Waals surface area contributed by atoms with Crippen LogP contribution in [0.5, 0.6) is 0 Å². The molecule has 0 saturated carbocycles. The number of hydrogen-bond acceptors (Lipinski definition) is 2. The molecule has 0 radical (unpaired) electrons. The third kappa shape index (κ3) is 3.82. The number of nitrogens with one attached hydrogen (secondary N) is 1. The van der Waals surface area contributed by atoms with E-state index in [1.165, 1.54) is 12.1 Å². The minimum absolute atomic E-state index is 0.0184. The third-order valence-electron chi connectivity index (χ3n) is 2.60. The molecule has 1 aromatic rings. The second-order valence-electron chi connectivity index (χ2n) is 4.96. The van der Waals surface area contributed by atoms with E-state index in [4.69, 9.17) is 5.11 Å². The van der Waals surface area contributed by atoms with Gasteiger partial charge >= 0.3 is 0 Å². The summed E-state index contributed by atoms with van der Waals surface area (Å²) in [4.78, 5) is 11.8. The highest BCUT2D eigenvalue weighted by Crippen LogP contribution is 2.13. The predicted molar refractivity (Wildman–Crippen MR) is 64.3 cm³/mol. The van der Waals surface area contributed by atoms with Crippen molar-refractivity contribution in [2.75, 3.05) is 13.2 Å². The number of carbonyl (C=O) groups is 1. The summed E-state index contributed by atoms with van der Waals surface area (Å²) in [6.07, 6.45) is 0. The molecule has 0 aromatic heterocycles. The Labute approximate surface area is 101 Å². The molecule has 1 amide bonds. The average molecular weight is 239 g/mol. The topological polar surface area (TPSA) is 49.3 Å². The summed E-state index contributed by atoms with van der Waals surface area (Å²) >= 11 is 0. The number of hydrogen-bond donors (Lipinski definition) is 2. The molecular weight excluding hydrogens is 221 g/mol. The van der Waals surface area contributed by atoms with Crippen molar-refractivity contribution in [3.05, 3.63) is 35.1 Å². The van der Waals surface area contributed by atoms with Crippen LogP contribution in [0.15, 0.2) is 18.2 Å². The van der Waals surface area contributed by atoms with Gasteiger partial charge in [0.15, 0.2) is 0 Å². The van der Waals surface area contributed by atoms with Crippen molar-refractivity contribution < 1.29 is 14.3 Å². The fraction of sp³-hybridized carbons (Fsp3) is 0.462. The summed E-state index contributed by atoms with van der Waals surface area (Å²) < 4.78 is 13.0. The Hall–Kier alpha value is -1.42. The van der Waals surface area contributed by atoms with Crippen molar-refractivity contribution in [2.24, 2.45) is 5.41 Å². The quantitative estimate of drug-likeness (QED) is 0.843. The minimum atomic E-state index is -0.429. The lowest BCUT2D eigenvalue weighted by atomic mass is 9.95. The van der Waals surface area contributed by atoms with Crippen molar-refractivity contribution in [2.45, 2.75) is 20.8 Å². The largest absolute Gasteiger partial charge is 0.396 e. The van der Waals surface area contributed by atoms with E-state index in [0.717, 1.165) is 5.56 Å². The summed E-state index contributed by atoms with van der Waals surface area (Å²) in [5, 5.41) is 11.8. The number of rotatable bonds is 4. The molecule has 3 nitrogen and oxygen atoms in total. The first-order valence-electron chi connectivity index (χ1n) is 5.51. The number of aryl methyl sites for hydroxylation is 1. The first-order valence-corrected chi connectivity index (χ1v) is 5.51. The Morgan fingerprint density at radius 2 is 2.12 bits per heavy atom. The zero-order chi connectivity index (χ0) is 13.1. The van der Waals surface area contributed by atoms with Crippen LogP contribution in [-0.4, -0.2) is 24.2 Å². The molecule has 0 aliphatic carbocycles. The molecule has 0 fully saturated rings. The van der Waals surface area contributed by atoms with Crippen LogP contribution >= 0.6 is 0 Å². The Morgan fingerprint density at radius 1 is 1.47 bits per heavy atom. The monoisotopic (exact) mass is 239 g/mol. The summed E-state index contributed by atoms with van der Waals surface area (Å²) in [6, 6.07) is 4.11. The number of amides is 1. The van der Waals surface area contributed by atoms with E-state index in [2.05, 4.69) is 5.32 Å². The van der Waals surface area contributed by atoms with Gasteiger partial charge < -0.3 is 10.4 Å². The van der Waals surface area contributed by atoms with Gasteiger partial charge in [0.2, 0.25) is 0 Å². The SMILES string of the molecule is Cc1ccc(F)cc1C(=O)NCC(C)(C)CO. The maximum absolute atomic E-state index is 13.0. The summed E-state index contributed by atoms with van der Waals surface area (Å²) in [5.41, 5.74) is 0.682. The van der Waals surface area contributed by atoms with E-state index in [1.54, 1.807) is 13.0 Å². The van der Waals surface area contributed by atoms with E-state index in [9.17, 15) is 9.18 Å². The third-order valence-corrected chi connectivity index (χ3v) is 2.60. The zero-order valence-corrected chi connectivity index (χ0v) is 10.4. The van der Waals surface area contributed by atoms with Gasteiger partial charge in [-0.25, -0.2) is 4.39 Å². The molecule has 0 bridgehead atoms. The van der Waals surface area contributed by atoms with Crippen LogP contribution in [0.25, 0.3) is 0 Å². The molecule has 1 rings (SSSR count). The van der Waals surface area contributed by atoms with Crippen molar-refractivity contribution >= 4 is 5.91 Å². The van der Waals surface area contributed by atoms with Gasteiger partial charge in [-0.1, -0.05) is 19.9 Å². The van der Waals surface area contributed by atoms with Crippen LogP contribution in [0, 0.1) is 18.2 Å². The number of carbonyl (C=O) groups excluding carboxylic acids is 1. The molecule has 0 aliphatic heterocycles. The molecule has 0 spiro atoms. The van der Waals surface area contributed by atoms with Crippen LogP contribution in [-0.2, 0) is 0 Å². The fourth-order valence-electron chi connectivity index (χ4n) is 1.31. The normalized spacial score (nSPS) is 11.4. The van der Waals surface area contributed by atoms with Crippen molar-refractivity contribution in [1.29, 1.82) is 0 Å². The van der Waals surface area contributed by atoms with Crippen LogP contribution < -0.4 is 5.32 Å². The van der Waals surface area contributed by atoms with E-state index in [-0.39, 0.29) is 17.9 Å². The van der Waals surface area contributed by atoms with Crippen molar-refractivity contribution in [1.82, 2.24) is 5.32 Å². The number of halogens is 1. The Morgan fingerprint density at radius 3 is 2.71 bits per heavy atom. The predicted octanol–water partition coefficient (Wildman–Crippen LogP) is 1.88. The van der Waals surface area contributed by atoms with Gasteiger partial charge in [-0.3, -0.25) is 4.79 Å². The van der Waals surface area contributed by atoms with E-state index in [1.807, 2.05) is 13.8 Å². The van der Waals surface area contributed by atoms with E-state index in [0.29, 0.717) is 12.1 Å². The lowest BCUT2D eigenvalue weighted by molar-refractivity contribution is 0.0910. The van der Waals surface area contributed by atoms with Gasteiger partial charge in [0.1, 0.15) is 5.82 Å². The van der Waals surface area contributed by atoms with Gasteiger partial charge in [-0.15, -0.1) is 0 Å². The molecular formula is C13H18FNO2. The number of aliphatic hydroxyl groups is 1. The molecule has 0 aliphatic rings. The maximum atomic E-state index is 13.0. The van der Waals surface area contributed by atoms with Crippen LogP contribution in [0.4, 0.5) is 4.39 Å². The molecule has 1 aromatic carbocycles. The summed E-state index contributed by atoms with van der Waals surface area (Å²) in [5.74, 6) is -0.745. The average Bonchev–Trinajstić information content (AvgIpc) is 2.29. The second kappa shape index (κ2) is 5.27. The van der Waals surface area contributed by atoms with Crippen molar-refractivity contribution in [3.8, 4) is 0 Å². The van der Waals surface area contributed by atoms with Crippen LogP contribution in [0.1, 0.15) is 29.8 Å². The molecule has 0 heterocycles. The van der Waals surface area contributed by atoms with Gasteiger partial charge in [-0.2, -0.15) is 0 Å². The maximum Gasteiger partial charge on any atom is 0.251 e. The lowest BCUT2D eigenvalue weighted by Crippen LogP contribution is -2.36. The van der Waals surface area contributed by atoms with Crippen LogP contribution in [0.3, 0.4) is 0 Å². The molecule has 0 saturated heterocycles. The second-order valence-corrected chi connectivity index (χ2v) is 4.96. The molecule has 94 valence electrons. The molecule has 4 heteroatoms. The standard InChI is InChI=1S/C13H18FNO2/c1-9-4-5-10(14)6-11(9)12(17)15-7-13(2,3)8-16/h4-6,16H,7-8H2,1-3H3,(H,15,17). The summed E-state index contributed by atoms with van der Waals surface area (Å²) in [7, 11) is 0. The van der Waals surface area contributed by atoms with Gasteiger partial charge in [0.05, 0.1) is 0 Å². The molecule has 17 heavy (non-hydrogen) atoms. The zero-order valence-electron chi connectivity index (χ0n) is 10.4. The Balaban J connectivity index is 2.74. The summed E-state index contributed by atoms with van der Waals surface area (Å²) in [6.45, 7) is 5.76. The molecule has 2 N–H and O–H groups in total. The van der Waals surface area contributed by atoms with E-state index < -0.39 is 5.82 Å². The highest BCUT2D eigenvalue weighted by atomic mass is 19.1. The first-order chi connectivity index (χ1) is 7.85. The fourth-order valence-corrected chi connectivity index (χ4v) is 1.31. The number of aliphatic hydroxyl groups excluding tert-OH is 1. The Bertz CT molecular complexity index is 416. The highest BCUT2D eigenvalue weighted by Gasteiger charge is 2.18. The van der Waals surface area contributed by atoms with Crippen LogP contribution in [0.2, 0.25) is 0 Å². The minimum Gasteiger partial charge on any atom is -0.396 e.